The predicted molar refractivity (Wildman–Crippen MR) is 147 cm³/mol. The van der Waals surface area contributed by atoms with Crippen LogP contribution in [-0.4, -0.2) is 107 Å². The van der Waals surface area contributed by atoms with Gasteiger partial charge in [-0.05, 0) is 18.1 Å². The number of carbonyl (C=O) groups excluding carboxylic acids is 1. The molecular formula is C23H36N5O14P. The van der Waals surface area contributed by atoms with Gasteiger partial charge in [-0.25, -0.2) is 4.57 Å². The van der Waals surface area contributed by atoms with Crippen molar-refractivity contribution < 1.29 is 68.4 Å². The van der Waals surface area contributed by atoms with Crippen molar-refractivity contribution in [2.45, 2.75) is 49.9 Å². The van der Waals surface area contributed by atoms with Crippen LogP contribution in [0.15, 0.2) is 30.5 Å². The van der Waals surface area contributed by atoms with Crippen LogP contribution in [-0.2, 0) is 39.7 Å². The Labute approximate surface area is 243 Å². The predicted octanol–water partition coefficient (Wildman–Crippen LogP) is -2.24. The molecule has 2 unspecified atom stereocenters. The van der Waals surface area contributed by atoms with Crippen molar-refractivity contribution in [2.75, 3.05) is 13.1 Å². The normalized spacial score (nSPS) is 17.0. The lowest BCUT2D eigenvalue weighted by molar-refractivity contribution is -0.151. The molecule has 1 aromatic carbocycles. The van der Waals surface area contributed by atoms with E-state index in [-0.39, 0.29) is 32.4 Å². The fourth-order valence-corrected chi connectivity index (χ4v) is 3.25. The minimum Gasteiger partial charge on any atom is -0.481 e. The van der Waals surface area contributed by atoms with E-state index in [1.54, 1.807) is 0 Å². The van der Waals surface area contributed by atoms with Crippen LogP contribution in [0, 0.1) is 0 Å². The van der Waals surface area contributed by atoms with Gasteiger partial charge in [-0.3, -0.25) is 24.0 Å². The van der Waals surface area contributed by atoms with E-state index in [9.17, 15) is 24.0 Å². The second kappa shape index (κ2) is 19.3. The third kappa shape index (κ3) is 18.3. The molecule has 1 aromatic heterocycles. The molecule has 1 aliphatic heterocycles. The fourth-order valence-electron chi connectivity index (χ4n) is 3.25. The molecule has 20 heteroatoms. The maximum absolute atomic E-state index is 11.5. The number of esters is 1. The summed E-state index contributed by atoms with van der Waals surface area (Å²) < 4.78 is 13.9. The zero-order valence-corrected chi connectivity index (χ0v) is 23.5. The number of nitrogens with two attached hydrogens (primary N) is 3. The van der Waals surface area contributed by atoms with Gasteiger partial charge in [0.15, 0.2) is 0 Å². The Morgan fingerprint density at radius 2 is 1.53 bits per heavy atom. The number of hydrogen-bond acceptors (Lipinski definition) is 11. The van der Waals surface area contributed by atoms with E-state index in [4.69, 9.17) is 55.9 Å². The first kappa shape index (κ1) is 39.1. The Bertz CT molecular complexity index is 1260. The fraction of sp³-hybridized carbons (Fsp3) is 0.435. The smallest absolute Gasteiger partial charge is 0.466 e. The number of ether oxygens (including phenoxy) is 1. The number of fused-ring (bicyclic) bond motifs is 1. The number of aliphatic carboxylic acids is 4. The van der Waals surface area contributed by atoms with Crippen LogP contribution >= 0.6 is 7.82 Å². The number of carbonyl (C=O) groups is 5. The van der Waals surface area contributed by atoms with Gasteiger partial charge in [0.05, 0.1) is 6.54 Å². The van der Waals surface area contributed by atoms with Gasteiger partial charge in [0.1, 0.15) is 24.2 Å². The van der Waals surface area contributed by atoms with Crippen molar-refractivity contribution in [3.63, 3.8) is 0 Å². The molecule has 1 fully saturated rings. The molecule has 3 rings (SSSR count). The summed E-state index contributed by atoms with van der Waals surface area (Å²) in [6.07, 6.45) is 1.60. The lowest BCUT2D eigenvalue weighted by Crippen LogP contribution is -2.36. The molecule has 2 aromatic rings. The summed E-state index contributed by atoms with van der Waals surface area (Å²) in [5, 5.41) is 37.2. The lowest BCUT2D eigenvalue weighted by atomic mass is 10.1. The molecular weight excluding hydrogens is 601 g/mol. The molecule has 1 saturated heterocycles. The van der Waals surface area contributed by atoms with Crippen molar-refractivity contribution in [2.24, 2.45) is 17.2 Å². The highest BCUT2D eigenvalue weighted by Gasteiger charge is 2.32. The van der Waals surface area contributed by atoms with Gasteiger partial charge in [0, 0.05) is 42.9 Å². The highest BCUT2D eigenvalue weighted by atomic mass is 31.2. The lowest BCUT2D eigenvalue weighted by Gasteiger charge is -2.14. The van der Waals surface area contributed by atoms with Crippen LogP contribution in [0.3, 0.4) is 0 Å². The minimum atomic E-state index is -4.64. The van der Waals surface area contributed by atoms with Gasteiger partial charge in [0.25, 0.3) is 0 Å². The number of benzene rings is 1. The van der Waals surface area contributed by atoms with Crippen LogP contribution in [0.1, 0.15) is 24.8 Å². The van der Waals surface area contributed by atoms with Gasteiger partial charge in [-0.15, -0.1) is 0 Å². The number of rotatable bonds is 10. The quantitative estimate of drug-likeness (QED) is 0.0967. The average molecular weight is 638 g/mol. The summed E-state index contributed by atoms with van der Waals surface area (Å²) in [5.41, 5.74) is 17.5. The molecule has 19 nitrogen and oxygen atoms in total. The summed E-state index contributed by atoms with van der Waals surface area (Å²) >= 11 is 0. The average Bonchev–Trinajstić information content (AvgIpc) is 3.54. The van der Waals surface area contributed by atoms with Crippen LogP contribution in [0.5, 0.6) is 0 Å². The van der Waals surface area contributed by atoms with Gasteiger partial charge in [0.2, 0.25) is 0 Å². The SMILES string of the molecule is NC(CCC(=O)O)C(=O)O[C@H]1CN[C@H](C(=O)O)C1.NC(Cc1c[nH]c2ccccc12)C(=O)O.NCC(=O)O.O=P(O)(O)O. The molecule has 15 N–H and O–H groups in total. The van der Waals surface area contributed by atoms with Crippen molar-refractivity contribution in [1.82, 2.24) is 10.3 Å². The van der Waals surface area contributed by atoms with Gasteiger partial charge >= 0.3 is 37.7 Å². The number of carboxylic acids is 4. The van der Waals surface area contributed by atoms with E-state index in [0.29, 0.717) is 6.42 Å². The minimum absolute atomic E-state index is 0.00330. The number of hydrogen-bond donors (Lipinski definition) is 12. The second-order valence-electron chi connectivity index (χ2n) is 8.75. The van der Waals surface area contributed by atoms with Crippen molar-refractivity contribution in [3.05, 3.63) is 36.0 Å². The van der Waals surface area contributed by atoms with Crippen LogP contribution in [0.4, 0.5) is 0 Å². The highest BCUT2D eigenvalue weighted by Crippen LogP contribution is 2.25. The van der Waals surface area contributed by atoms with Crippen molar-refractivity contribution in [3.8, 4) is 0 Å². The molecule has 0 amide bonds. The maximum atomic E-state index is 11.5. The molecule has 2 heterocycles. The van der Waals surface area contributed by atoms with Crippen molar-refractivity contribution >= 4 is 48.6 Å². The zero-order chi connectivity index (χ0) is 33.3. The Morgan fingerprint density at radius 1 is 0.977 bits per heavy atom. The number of para-hydroxylation sites is 1. The van der Waals surface area contributed by atoms with Crippen LogP contribution in [0.25, 0.3) is 10.9 Å². The van der Waals surface area contributed by atoms with Gasteiger partial charge in [-0.2, -0.15) is 0 Å². The number of nitrogens with one attached hydrogen (secondary N) is 2. The summed E-state index contributed by atoms with van der Waals surface area (Å²) in [5.74, 6) is -4.67. The molecule has 0 bridgehead atoms. The topological polar surface area (TPSA) is 359 Å². The van der Waals surface area contributed by atoms with E-state index in [1.807, 2.05) is 30.5 Å². The van der Waals surface area contributed by atoms with E-state index in [0.717, 1.165) is 16.5 Å². The van der Waals surface area contributed by atoms with Crippen molar-refractivity contribution in [1.29, 1.82) is 0 Å². The van der Waals surface area contributed by atoms with Gasteiger partial charge < -0.3 is 67.3 Å². The monoisotopic (exact) mass is 637 g/mol. The summed E-state index contributed by atoms with van der Waals surface area (Å²) in [6, 6.07) is 5.19. The third-order valence-corrected chi connectivity index (χ3v) is 5.25. The van der Waals surface area contributed by atoms with Crippen LogP contribution < -0.4 is 22.5 Å². The first-order valence-corrected chi connectivity index (χ1v) is 13.8. The Morgan fingerprint density at radius 3 is 2.00 bits per heavy atom. The number of phosphoric acid groups is 1. The second-order valence-corrected chi connectivity index (χ2v) is 9.78. The molecule has 0 aliphatic carbocycles. The summed E-state index contributed by atoms with van der Waals surface area (Å²) in [7, 11) is -4.64. The zero-order valence-electron chi connectivity index (χ0n) is 22.6. The van der Waals surface area contributed by atoms with E-state index < -0.39 is 61.9 Å². The molecule has 0 radical (unpaired) electrons. The van der Waals surface area contributed by atoms with Crippen LogP contribution in [0.2, 0.25) is 0 Å². The van der Waals surface area contributed by atoms with E-state index in [2.05, 4.69) is 16.0 Å². The number of carboxylic acid groups (broad SMARTS) is 4. The molecule has 43 heavy (non-hydrogen) atoms. The Balaban J connectivity index is 0.000000631. The molecule has 0 spiro atoms. The first-order chi connectivity index (χ1) is 19.8. The molecule has 4 atom stereocenters. The number of H-pyrrole nitrogens is 1. The summed E-state index contributed by atoms with van der Waals surface area (Å²) in [6.45, 7) is -0.0195. The maximum Gasteiger partial charge on any atom is 0.466 e. The molecule has 1 aliphatic rings. The Kier molecular flexibility index (Phi) is 17.5. The standard InChI is InChI=1S/C11H12N2O2.C10H16N2O6.C2H5NO2.H3O4P/c12-9(11(14)15)5-7-6-13-10-4-2-1-3-8(7)10;11-6(1-2-8(13)14)10(17)18-5-3-7(9(15)16)12-4-5;3-1-2(4)5;1-5(2,3)4/h1-4,6,9,13H,5,12H2,(H,14,15);5-7,12H,1-4,11H2,(H,13,14)(H,15,16);1,3H2,(H,4,5);(H3,1,2,3,4)/t;5-,6?,7+;;/m.1../s1. The number of aromatic amines is 1. The van der Waals surface area contributed by atoms with Gasteiger partial charge in [-0.1, -0.05) is 18.2 Å². The summed E-state index contributed by atoms with van der Waals surface area (Å²) in [4.78, 5) is 76.9. The molecule has 0 saturated carbocycles. The van der Waals surface area contributed by atoms with E-state index >= 15 is 0 Å². The highest BCUT2D eigenvalue weighted by molar-refractivity contribution is 7.45. The number of aromatic nitrogens is 1. The largest absolute Gasteiger partial charge is 0.481 e. The Hall–Kier alpha value is -3.94. The van der Waals surface area contributed by atoms with E-state index in [1.165, 1.54) is 0 Å². The first-order valence-electron chi connectivity index (χ1n) is 12.2. The third-order valence-electron chi connectivity index (χ3n) is 5.25. The molecule has 242 valence electrons.